The van der Waals surface area contributed by atoms with Crippen molar-refractivity contribution in [3.63, 3.8) is 0 Å². The summed E-state index contributed by atoms with van der Waals surface area (Å²) in [5.41, 5.74) is 8.39. The molecule has 4 aliphatic rings. The first kappa shape index (κ1) is 30.1. The normalized spacial score (nSPS) is 41.6. The lowest BCUT2D eigenvalue weighted by molar-refractivity contribution is -0.203. The zero-order valence-electron chi connectivity index (χ0n) is 26.8. The second kappa shape index (κ2) is 10.5. The molecule has 8 unspecified atom stereocenters. The molecule has 0 radical (unpaired) electrons. The standard InChI is InChI=1S/C36H60O2/c1-12-13-14-15-16-26-17-27(21(2)3)28-19-34(9)20-35(10)18-23(6)29(22(4)5)33(38)36(35,11)25(8)31(34)32(37)30(28)24(26)7/h21-22,25-26,31-33,37-38H,12-20H2,1-11H3. The van der Waals surface area contributed by atoms with Gasteiger partial charge in [0.05, 0.1) is 12.2 Å². The maximum Gasteiger partial charge on any atom is 0.0828 e. The van der Waals surface area contributed by atoms with Crippen LogP contribution < -0.4 is 0 Å². The van der Waals surface area contributed by atoms with Crippen LogP contribution in [0, 0.1) is 45.8 Å². The Morgan fingerprint density at radius 1 is 0.921 bits per heavy atom. The van der Waals surface area contributed by atoms with Crippen molar-refractivity contribution in [2.75, 3.05) is 0 Å². The smallest absolute Gasteiger partial charge is 0.0828 e. The van der Waals surface area contributed by atoms with Crippen molar-refractivity contribution in [1.82, 2.24) is 0 Å². The number of rotatable bonds is 7. The van der Waals surface area contributed by atoms with E-state index in [0.29, 0.717) is 17.8 Å². The van der Waals surface area contributed by atoms with Crippen LogP contribution in [0.5, 0.6) is 0 Å². The fraction of sp³-hybridized carbons (Fsp3) is 0.833. The summed E-state index contributed by atoms with van der Waals surface area (Å²) in [5.74, 6) is 1.84. The SMILES string of the molecule is CCCCCCC1CC(C(C)C)=C2CC3(C)CC4(C)CC(C)=C(C(C)C)C(O)C4(C)C(C)C3C(O)C2=C1C. The third-order valence-corrected chi connectivity index (χ3v) is 12.6. The topological polar surface area (TPSA) is 40.5 Å². The zero-order valence-corrected chi connectivity index (χ0v) is 26.8. The minimum absolute atomic E-state index is 0.0184. The molecule has 0 bridgehead atoms. The van der Waals surface area contributed by atoms with Gasteiger partial charge in [0.2, 0.25) is 0 Å². The van der Waals surface area contributed by atoms with Gasteiger partial charge in [-0.05, 0) is 103 Å². The van der Waals surface area contributed by atoms with E-state index in [-0.39, 0.29) is 28.1 Å². The molecular formula is C36H60O2. The van der Waals surface area contributed by atoms with Gasteiger partial charge in [0.1, 0.15) is 0 Å². The highest BCUT2D eigenvalue weighted by atomic mass is 16.3. The molecular weight excluding hydrogens is 464 g/mol. The predicted molar refractivity (Wildman–Crippen MR) is 162 cm³/mol. The molecule has 8 atom stereocenters. The molecule has 2 nitrogen and oxygen atoms in total. The Bertz CT molecular complexity index is 1010. The van der Waals surface area contributed by atoms with Crippen LogP contribution in [0.3, 0.4) is 0 Å². The number of hydrogen-bond acceptors (Lipinski definition) is 2. The summed E-state index contributed by atoms with van der Waals surface area (Å²) in [7, 11) is 0. The van der Waals surface area contributed by atoms with E-state index in [1.54, 1.807) is 5.57 Å². The van der Waals surface area contributed by atoms with Gasteiger partial charge in [-0.3, -0.25) is 0 Å². The van der Waals surface area contributed by atoms with Crippen LogP contribution >= 0.6 is 0 Å². The summed E-state index contributed by atoms with van der Waals surface area (Å²) in [4.78, 5) is 0. The molecule has 2 saturated carbocycles. The summed E-state index contributed by atoms with van der Waals surface area (Å²) < 4.78 is 0. The minimum atomic E-state index is -0.441. The first-order valence-corrected chi connectivity index (χ1v) is 16.1. The van der Waals surface area contributed by atoms with Crippen LogP contribution in [0.25, 0.3) is 0 Å². The number of aliphatic hydroxyl groups excluding tert-OH is 2. The number of unbranched alkanes of at least 4 members (excludes halogenated alkanes) is 3. The van der Waals surface area contributed by atoms with E-state index in [2.05, 4.69) is 76.2 Å². The maximum atomic E-state index is 12.4. The molecule has 0 aromatic heterocycles. The van der Waals surface area contributed by atoms with Gasteiger partial charge in [-0.15, -0.1) is 0 Å². The lowest BCUT2D eigenvalue weighted by Gasteiger charge is -2.69. The van der Waals surface area contributed by atoms with E-state index in [0.717, 1.165) is 19.3 Å². The van der Waals surface area contributed by atoms with Gasteiger partial charge in [0.25, 0.3) is 0 Å². The van der Waals surface area contributed by atoms with Crippen LogP contribution in [0.4, 0.5) is 0 Å². The Morgan fingerprint density at radius 2 is 1.58 bits per heavy atom. The van der Waals surface area contributed by atoms with E-state index >= 15 is 0 Å². The molecule has 2 N–H and O–H groups in total. The van der Waals surface area contributed by atoms with E-state index in [1.807, 2.05) is 0 Å². The largest absolute Gasteiger partial charge is 0.388 e. The van der Waals surface area contributed by atoms with Gasteiger partial charge < -0.3 is 10.2 Å². The molecule has 216 valence electrons. The minimum Gasteiger partial charge on any atom is -0.388 e. The highest BCUT2D eigenvalue weighted by molar-refractivity contribution is 5.50. The number of aliphatic hydroxyl groups is 2. The molecule has 38 heavy (non-hydrogen) atoms. The Morgan fingerprint density at radius 3 is 2.16 bits per heavy atom. The van der Waals surface area contributed by atoms with Crippen LogP contribution in [-0.2, 0) is 0 Å². The zero-order chi connectivity index (χ0) is 28.4. The van der Waals surface area contributed by atoms with Gasteiger partial charge in [-0.2, -0.15) is 0 Å². The molecule has 0 aromatic rings. The van der Waals surface area contributed by atoms with Crippen molar-refractivity contribution in [3.05, 3.63) is 33.4 Å². The molecule has 0 saturated heterocycles. The average Bonchev–Trinajstić information content (AvgIpc) is 2.79. The van der Waals surface area contributed by atoms with E-state index in [1.165, 1.54) is 66.4 Å². The number of allylic oxidation sites excluding steroid dienone is 3. The van der Waals surface area contributed by atoms with E-state index in [4.69, 9.17) is 0 Å². The molecule has 2 fully saturated rings. The van der Waals surface area contributed by atoms with Crippen LogP contribution in [0.1, 0.15) is 134 Å². The first-order chi connectivity index (χ1) is 17.6. The van der Waals surface area contributed by atoms with Gasteiger partial charge in [0, 0.05) is 5.41 Å². The van der Waals surface area contributed by atoms with Gasteiger partial charge in [-0.25, -0.2) is 0 Å². The Balaban J connectivity index is 1.80. The lowest BCUT2D eigenvalue weighted by atomic mass is 9.36. The molecule has 0 aromatic carbocycles. The molecule has 0 aliphatic heterocycles. The maximum absolute atomic E-state index is 12.4. The summed E-state index contributed by atoms with van der Waals surface area (Å²) >= 11 is 0. The average molecular weight is 525 g/mol. The lowest BCUT2D eigenvalue weighted by Crippen LogP contribution is -2.66. The third-order valence-electron chi connectivity index (χ3n) is 12.6. The van der Waals surface area contributed by atoms with Crippen molar-refractivity contribution in [3.8, 4) is 0 Å². The third kappa shape index (κ3) is 4.43. The summed E-state index contributed by atoms with van der Waals surface area (Å²) in [6.45, 7) is 25.8. The summed E-state index contributed by atoms with van der Waals surface area (Å²) in [5, 5.41) is 24.5. The molecule has 0 heterocycles. The quantitative estimate of drug-likeness (QED) is 0.257. The molecule has 0 amide bonds. The fourth-order valence-corrected chi connectivity index (χ4v) is 10.5. The second-order valence-electron chi connectivity index (χ2n) is 15.6. The fourth-order valence-electron chi connectivity index (χ4n) is 10.5. The van der Waals surface area contributed by atoms with Crippen LogP contribution in [-0.4, -0.2) is 22.4 Å². The monoisotopic (exact) mass is 524 g/mol. The Kier molecular flexibility index (Phi) is 8.33. The first-order valence-electron chi connectivity index (χ1n) is 16.1. The summed E-state index contributed by atoms with van der Waals surface area (Å²) in [6.07, 6.45) is 10.0. The van der Waals surface area contributed by atoms with Crippen LogP contribution in [0.2, 0.25) is 0 Å². The predicted octanol–water partition coefficient (Wildman–Crippen LogP) is 9.42. The van der Waals surface area contributed by atoms with Crippen molar-refractivity contribution in [2.24, 2.45) is 45.8 Å². The van der Waals surface area contributed by atoms with E-state index < -0.39 is 12.2 Å². The number of hydrogen-bond donors (Lipinski definition) is 2. The molecule has 4 rings (SSSR count). The van der Waals surface area contributed by atoms with Crippen molar-refractivity contribution in [2.45, 2.75) is 146 Å². The van der Waals surface area contributed by atoms with Gasteiger partial charge in [-0.1, -0.05) is 105 Å². The second-order valence-corrected chi connectivity index (χ2v) is 15.6. The van der Waals surface area contributed by atoms with Gasteiger partial charge in [0.15, 0.2) is 0 Å². The highest BCUT2D eigenvalue weighted by Crippen LogP contribution is 2.71. The van der Waals surface area contributed by atoms with Crippen molar-refractivity contribution < 1.29 is 10.2 Å². The van der Waals surface area contributed by atoms with Gasteiger partial charge >= 0.3 is 0 Å². The Hall–Kier alpha value is -0.860. The molecule has 4 aliphatic carbocycles. The number of fused-ring (bicyclic) bond motifs is 3. The summed E-state index contributed by atoms with van der Waals surface area (Å²) in [6, 6.07) is 0. The van der Waals surface area contributed by atoms with Crippen molar-refractivity contribution in [1.29, 1.82) is 0 Å². The highest BCUT2D eigenvalue weighted by Gasteiger charge is 2.67. The molecule has 0 spiro atoms. The molecule has 2 heteroatoms. The van der Waals surface area contributed by atoms with Crippen molar-refractivity contribution >= 4 is 0 Å². The Labute approximate surface area is 235 Å². The van der Waals surface area contributed by atoms with E-state index in [9.17, 15) is 10.2 Å². The van der Waals surface area contributed by atoms with Crippen LogP contribution in [0.15, 0.2) is 33.4 Å².